The largest absolute Gasteiger partial charge is 0.460 e. The summed E-state index contributed by atoms with van der Waals surface area (Å²) < 4.78 is 154. The van der Waals surface area contributed by atoms with Gasteiger partial charge in [-0.2, -0.15) is 48.3 Å². The molecule has 1 atom stereocenters. The molecule has 0 N–H and O–H groups in total. The van der Waals surface area contributed by atoms with Crippen molar-refractivity contribution in [2.24, 2.45) is 0 Å². The second-order valence-electron chi connectivity index (χ2n) is 10.3. The summed E-state index contributed by atoms with van der Waals surface area (Å²) in [6.45, 7) is 2.34. The van der Waals surface area contributed by atoms with Gasteiger partial charge < -0.3 is 9.47 Å². The molecule has 0 amide bonds. The molecule has 234 valence electrons. The molecule has 1 aliphatic heterocycles. The van der Waals surface area contributed by atoms with Crippen LogP contribution >= 0.6 is 0 Å². The van der Waals surface area contributed by atoms with Crippen molar-refractivity contribution in [2.75, 3.05) is 19.8 Å². The van der Waals surface area contributed by atoms with Crippen molar-refractivity contribution >= 4 is 0 Å². The van der Waals surface area contributed by atoms with Crippen LogP contribution in [0.15, 0.2) is 0 Å². The van der Waals surface area contributed by atoms with Gasteiger partial charge in [0, 0.05) is 26.2 Å². The Hall–Kier alpha value is -0.850. The molecular formula is C26H41F11O2. The van der Waals surface area contributed by atoms with E-state index < -0.39 is 42.7 Å². The molecule has 1 aliphatic rings. The lowest BCUT2D eigenvalue weighted by Gasteiger charge is -2.37. The highest BCUT2D eigenvalue weighted by atomic mass is 19.4. The minimum atomic E-state index is -7.31. The molecule has 39 heavy (non-hydrogen) atoms. The number of hydrogen-bond acceptors (Lipinski definition) is 2. The number of alkyl halides is 11. The fraction of sp³-hybridized carbons (Fsp3) is 1.00. The van der Waals surface area contributed by atoms with Gasteiger partial charge in [-0.1, -0.05) is 70.6 Å². The first kappa shape index (κ1) is 36.2. The third kappa shape index (κ3) is 11.2. The molecule has 2 nitrogen and oxygen atoms in total. The van der Waals surface area contributed by atoms with Crippen molar-refractivity contribution in [2.45, 2.75) is 145 Å². The number of ether oxygens (including phenoxy) is 2. The lowest BCUT2D eigenvalue weighted by molar-refractivity contribution is -0.422. The Balaban J connectivity index is 2.02. The summed E-state index contributed by atoms with van der Waals surface area (Å²) in [5.41, 5.74) is 0. The summed E-state index contributed by atoms with van der Waals surface area (Å²) in [6, 6.07) is 0. The van der Waals surface area contributed by atoms with E-state index in [-0.39, 0.29) is 6.42 Å². The summed E-state index contributed by atoms with van der Waals surface area (Å²) >= 11 is 0. The van der Waals surface area contributed by atoms with E-state index in [2.05, 4.69) is 0 Å². The smallest absolute Gasteiger partial charge is 0.381 e. The molecule has 1 fully saturated rings. The fourth-order valence-corrected chi connectivity index (χ4v) is 4.45. The van der Waals surface area contributed by atoms with Gasteiger partial charge in [-0.05, 0) is 32.1 Å². The van der Waals surface area contributed by atoms with E-state index in [1.807, 2.05) is 0 Å². The molecule has 0 aromatic carbocycles. The average molecular weight is 595 g/mol. The van der Waals surface area contributed by atoms with E-state index in [1.54, 1.807) is 0 Å². The Morgan fingerprint density at radius 2 is 1.00 bits per heavy atom. The first-order chi connectivity index (χ1) is 18.1. The number of hydrogen-bond donors (Lipinski definition) is 0. The zero-order chi connectivity index (χ0) is 29.6. The number of rotatable bonds is 22. The molecule has 0 saturated carbocycles. The van der Waals surface area contributed by atoms with Crippen LogP contribution in [0.3, 0.4) is 0 Å². The summed E-state index contributed by atoms with van der Waals surface area (Å²) in [5, 5.41) is 0. The summed E-state index contributed by atoms with van der Waals surface area (Å²) in [7, 11) is 0. The van der Waals surface area contributed by atoms with E-state index in [0.29, 0.717) is 18.9 Å². The van der Waals surface area contributed by atoms with E-state index in [0.717, 1.165) is 96.9 Å². The van der Waals surface area contributed by atoms with Crippen LogP contribution in [-0.4, -0.2) is 55.8 Å². The SMILES string of the molecule is FC(F)(F)C(F)(F)C(F)(F)C(F)(F)C(F)(F)CCCCCCCCCCCCCCCOCCC1CCCO1. The summed E-state index contributed by atoms with van der Waals surface area (Å²) in [4.78, 5) is 0. The van der Waals surface area contributed by atoms with Gasteiger partial charge in [-0.25, -0.2) is 0 Å². The normalized spacial score (nSPS) is 17.8. The van der Waals surface area contributed by atoms with E-state index in [9.17, 15) is 48.3 Å². The molecule has 1 saturated heterocycles. The molecular weight excluding hydrogens is 553 g/mol. The van der Waals surface area contributed by atoms with Crippen LogP contribution in [0, 0.1) is 0 Å². The third-order valence-corrected chi connectivity index (χ3v) is 6.99. The van der Waals surface area contributed by atoms with Crippen molar-refractivity contribution < 1.29 is 57.8 Å². The molecule has 0 spiro atoms. The average Bonchev–Trinajstić information content (AvgIpc) is 3.35. The summed E-state index contributed by atoms with van der Waals surface area (Å²) in [5.74, 6) is -27.2. The first-order valence-corrected chi connectivity index (χ1v) is 13.9. The molecule has 0 aromatic heterocycles. The predicted molar refractivity (Wildman–Crippen MR) is 125 cm³/mol. The maximum Gasteiger partial charge on any atom is 0.460 e. The van der Waals surface area contributed by atoms with Crippen LogP contribution in [0.25, 0.3) is 0 Å². The standard InChI is InChI=1S/C26H41F11O2/c27-22(28,23(29,30)24(31,32)25(33,34)26(35,36)37)17-12-10-8-6-4-2-1-3-5-7-9-11-13-18-38-20-16-21-15-14-19-39-21/h21H,1-20H2. The Morgan fingerprint density at radius 3 is 1.44 bits per heavy atom. The zero-order valence-corrected chi connectivity index (χ0v) is 22.2. The van der Waals surface area contributed by atoms with E-state index in [4.69, 9.17) is 9.47 Å². The maximum atomic E-state index is 13.6. The van der Waals surface area contributed by atoms with Gasteiger partial charge in [0.2, 0.25) is 0 Å². The van der Waals surface area contributed by atoms with Crippen molar-refractivity contribution in [1.29, 1.82) is 0 Å². The topological polar surface area (TPSA) is 18.5 Å². The maximum absolute atomic E-state index is 13.6. The molecule has 0 aromatic rings. The van der Waals surface area contributed by atoms with Crippen LogP contribution in [-0.2, 0) is 9.47 Å². The second kappa shape index (κ2) is 16.6. The number of halogens is 11. The van der Waals surface area contributed by atoms with Gasteiger partial charge in [0.1, 0.15) is 0 Å². The molecule has 1 heterocycles. The monoisotopic (exact) mass is 594 g/mol. The Morgan fingerprint density at radius 1 is 0.538 bits per heavy atom. The zero-order valence-electron chi connectivity index (χ0n) is 22.2. The summed E-state index contributed by atoms with van der Waals surface area (Å²) in [6.07, 6.45) is 3.74. The van der Waals surface area contributed by atoms with Gasteiger partial charge in [0.25, 0.3) is 0 Å². The Bertz CT molecular complexity index is 648. The van der Waals surface area contributed by atoms with Crippen molar-refractivity contribution in [1.82, 2.24) is 0 Å². The molecule has 0 bridgehead atoms. The quantitative estimate of drug-likeness (QED) is 0.0917. The molecule has 0 radical (unpaired) electrons. The van der Waals surface area contributed by atoms with E-state index >= 15 is 0 Å². The fourth-order valence-electron chi connectivity index (χ4n) is 4.45. The Kier molecular flexibility index (Phi) is 15.4. The van der Waals surface area contributed by atoms with E-state index in [1.165, 1.54) is 0 Å². The van der Waals surface area contributed by atoms with Gasteiger partial charge in [0.15, 0.2) is 0 Å². The molecule has 0 aliphatic carbocycles. The second-order valence-corrected chi connectivity index (χ2v) is 10.3. The highest BCUT2D eigenvalue weighted by Crippen LogP contribution is 2.58. The van der Waals surface area contributed by atoms with Crippen LogP contribution in [0.2, 0.25) is 0 Å². The lowest BCUT2D eigenvalue weighted by Crippen LogP contribution is -2.66. The molecule has 1 rings (SSSR count). The Labute approximate surface area is 223 Å². The van der Waals surface area contributed by atoms with Crippen molar-refractivity contribution in [3.05, 3.63) is 0 Å². The minimum Gasteiger partial charge on any atom is -0.381 e. The molecule has 1 unspecified atom stereocenters. The van der Waals surface area contributed by atoms with Crippen molar-refractivity contribution in [3.63, 3.8) is 0 Å². The van der Waals surface area contributed by atoms with Crippen LogP contribution in [0.5, 0.6) is 0 Å². The number of unbranched alkanes of at least 4 members (excludes halogenated alkanes) is 12. The molecule has 13 heteroatoms. The van der Waals surface area contributed by atoms with Crippen LogP contribution in [0.4, 0.5) is 48.3 Å². The van der Waals surface area contributed by atoms with Gasteiger partial charge in [-0.3, -0.25) is 0 Å². The minimum absolute atomic E-state index is 0.0645. The van der Waals surface area contributed by atoms with Gasteiger partial charge in [0.05, 0.1) is 6.10 Å². The van der Waals surface area contributed by atoms with Gasteiger partial charge in [-0.15, -0.1) is 0 Å². The predicted octanol–water partition coefficient (Wildman–Crippen LogP) is 10.1. The first-order valence-electron chi connectivity index (χ1n) is 13.9. The highest BCUT2D eigenvalue weighted by Gasteiger charge is 2.86. The van der Waals surface area contributed by atoms with Crippen molar-refractivity contribution in [3.8, 4) is 0 Å². The third-order valence-electron chi connectivity index (χ3n) is 6.99. The highest BCUT2D eigenvalue weighted by molar-refractivity contribution is 5.06. The lowest BCUT2D eigenvalue weighted by atomic mass is 9.94. The van der Waals surface area contributed by atoms with Crippen LogP contribution < -0.4 is 0 Å². The van der Waals surface area contributed by atoms with Crippen LogP contribution in [0.1, 0.15) is 109 Å². The van der Waals surface area contributed by atoms with Gasteiger partial charge >= 0.3 is 29.9 Å².